The third kappa shape index (κ3) is 5.76. The van der Waals surface area contributed by atoms with Crippen LogP contribution in [0, 0.1) is 0 Å². The first kappa shape index (κ1) is 23.0. The van der Waals surface area contributed by atoms with Crippen molar-refractivity contribution in [1.29, 1.82) is 0 Å². The number of nitrogens with two attached hydrogens (primary N) is 2. The van der Waals surface area contributed by atoms with E-state index in [9.17, 15) is 9.90 Å². The number of hydrogen-bond donors (Lipinski definition) is 3. The van der Waals surface area contributed by atoms with Crippen molar-refractivity contribution >= 4 is 23.6 Å². The topological polar surface area (TPSA) is 101 Å². The lowest BCUT2D eigenvalue weighted by molar-refractivity contribution is -0.130. The van der Waals surface area contributed by atoms with Crippen LogP contribution in [0.5, 0.6) is 11.5 Å². The van der Waals surface area contributed by atoms with Crippen molar-refractivity contribution in [2.24, 2.45) is 5.73 Å². The number of amidine groups is 1. The smallest absolute Gasteiger partial charge is 0.339 e. The molecule has 0 aliphatic heterocycles. The molecule has 0 aliphatic carbocycles. The molecule has 2 aromatic rings. The van der Waals surface area contributed by atoms with Crippen LogP contribution in [-0.4, -0.2) is 30.0 Å². The lowest BCUT2D eigenvalue weighted by Crippen LogP contribution is -3.00. The molecule has 0 radical (unpaired) electrons. The fourth-order valence-corrected chi connectivity index (χ4v) is 2.63. The number of benzene rings is 2. The fourth-order valence-electron chi connectivity index (χ4n) is 2.63. The first-order chi connectivity index (χ1) is 12.8. The monoisotopic (exact) mass is 403 g/mol. The summed E-state index contributed by atoms with van der Waals surface area (Å²) in [6.45, 7) is 7.45. The molecule has 6 nitrogen and oxygen atoms in total. The number of phenolic OH excluding ortho intramolecular Hbond substituents is 1. The first-order valence-electron chi connectivity index (χ1n) is 8.82. The summed E-state index contributed by atoms with van der Waals surface area (Å²) in [5, 5.41) is 15.8. The number of aromatic hydroxyl groups is 1. The molecule has 28 heavy (non-hydrogen) atoms. The van der Waals surface area contributed by atoms with Crippen LogP contribution in [0.4, 0.5) is 5.69 Å². The highest BCUT2D eigenvalue weighted by Gasteiger charge is 2.11. The molecule has 0 saturated heterocycles. The van der Waals surface area contributed by atoms with Gasteiger partial charge in [-0.1, -0.05) is 0 Å². The molecule has 5 N–H and O–H groups in total. The van der Waals surface area contributed by atoms with Crippen LogP contribution in [0.3, 0.4) is 0 Å². The van der Waals surface area contributed by atoms with Crippen LogP contribution < -0.4 is 33.2 Å². The molecule has 0 bridgehead atoms. The second kappa shape index (κ2) is 10.4. The van der Waals surface area contributed by atoms with E-state index in [-0.39, 0.29) is 24.0 Å². The highest BCUT2D eigenvalue weighted by Crippen LogP contribution is 2.27. The zero-order valence-corrected chi connectivity index (χ0v) is 17.0. The first-order valence-corrected chi connectivity index (χ1v) is 8.82. The van der Waals surface area contributed by atoms with Crippen molar-refractivity contribution < 1.29 is 32.5 Å². The minimum Gasteiger partial charge on any atom is -1.00 e. The number of esters is 1. The molecule has 2 rings (SSSR count). The predicted octanol–water partition coefficient (Wildman–Crippen LogP) is -1.28. The van der Waals surface area contributed by atoms with Gasteiger partial charge in [0, 0.05) is 36.0 Å². The van der Waals surface area contributed by atoms with Crippen LogP contribution in [0.1, 0.15) is 31.9 Å². The van der Waals surface area contributed by atoms with E-state index in [1.54, 1.807) is 49.4 Å². The number of nitrogens with zero attached hydrogens (tertiary/aromatic N) is 1. The van der Waals surface area contributed by atoms with E-state index in [4.69, 9.17) is 15.9 Å². The highest BCUT2D eigenvalue weighted by molar-refractivity contribution is 5.95. The molecule has 0 fully saturated rings. The van der Waals surface area contributed by atoms with Crippen LogP contribution in [0.2, 0.25) is 0 Å². The third-order valence-electron chi connectivity index (χ3n) is 4.23. The lowest BCUT2D eigenvalue weighted by atomic mass is 10.1. The second-order valence-corrected chi connectivity index (χ2v) is 6.11. The van der Waals surface area contributed by atoms with Crippen LogP contribution in [0.25, 0.3) is 6.08 Å². The van der Waals surface area contributed by atoms with E-state index in [0.717, 1.165) is 18.8 Å². The van der Waals surface area contributed by atoms with Gasteiger partial charge < -0.3 is 27.2 Å². The Morgan fingerprint density at radius 3 is 2.29 bits per heavy atom. The maximum absolute atomic E-state index is 12.3. The van der Waals surface area contributed by atoms with Gasteiger partial charge in [-0.3, -0.25) is 11.1 Å². The highest BCUT2D eigenvalue weighted by atomic mass is 35.5. The van der Waals surface area contributed by atoms with Crippen molar-refractivity contribution in [2.45, 2.75) is 20.8 Å². The molecule has 0 amide bonds. The summed E-state index contributed by atoms with van der Waals surface area (Å²) in [5.74, 6) is 0.205. The molecule has 0 atom stereocenters. The number of phenols is 1. The van der Waals surface area contributed by atoms with Crippen molar-refractivity contribution in [2.75, 3.05) is 18.0 Å². The Hall–Kier alpha value is -2.99. The molecule has 0 unspecified atom stereocenters. The predicted molar refractivity (Wildman–Crippen MR) is 108 cm³/mol. The molecule has 2 aromatic carbocycles. The molecule has 0 aromatic heterocycles. The number of carbonyl (C=O) groups excluding carboxylic acids is 1. The zero-order chi connectivity index (χ0) is 20.0. The molecular weight excluding hydrogens is 378 g/mol. The standard InChI is InChI=1S/C21H25N3O3.ClH/c1-4-24(5-2)17-9-6-16(19(25)13-17)12-14(3)21(26)27-18-10-7-15(8-11-18)20(22)23;/h6-13,25H,4-5H2,1-3H3,(H3,22,23);1H/b14-12+;. The number of halogens is 1. The summed E-state index contributed by atoms with van der Waals surface area (Å²) in [4.78, 5) is 14.4. The molecule has 0 saturated carbocycles. The van der Waals surface area contributed by atoms with E-state index < -0.39 is 5.97 Å². The average Bonchev–Trinajstić information content (AvgIpc) is 2.65. The third-order valence-corrected chi connectivity index (χ3v) is 4.23. The van der Waals surface area contributed by atoms with Crippen molar-refractivity contribution in [3.8, 4) is 11.5 Å². The molecular formula is C21H26ClN3O3. The van der Waals surface area contributed by atoms with E-state index in [0.29, 0.717) is 22.4 Å². The van der Waals surface area contributed by atoms with Crippen LogP contribution in [0.15, 0.2) is 48.0 Å². The number of carbonyl (C=O) groups is 1. The van der Waals surface area contributed by atoms with Crippen molar-refractivity contribution in [3.63, 3.8) is 0 Å². The van der Waals surface area contributed by atoms with Gasteiger partial charge in [-0.05, 0) is 63.2 Å². The second-order valence-electron chi connectivity index (χ2n) is 6.11. The van der Waals surface area contributed by atoms with Crippen LogP contribution in [-0.2, 0) is 4.79 Å². The van der Waals surface area contributed by atoms with Gasteiger partial charge in [0.25, 0.3) is 5.84 Å². The van der Waals surface area contributed by atoms with Gasteiger partial charge in [0.2, 0.25) is 0 Å². The Morgan fingerprint density at radius 1 is 1.18 bits per heavy atom. The summed E-state index contributed by atoms with van der Waals surface area (Å²) in [5.41, 5.74) is 8.04. The van der Waals surface area contributed by atoms with Crippen LogP contribution >= 0.6 is 0 Å². The summed E-state index contributed by atoms with van der Waals surface area (Å²) in [6.07, 6.45) is 1.60. The number of anilines is 1. The van der Waals surface area contributed by atoms with Gasteiger partial charge in [0.15, 0.2) is 0 Å². The number of ether oxygens (including phenoxy) is 1. The van der Waals surface area contributed by atoms with Gasteiger partial charge in [-0.2, -0.15) is 0 Å². The Balaban J connectivity index is 0.00000392. The molecule has 0 aliphatic rings. The number of rotatable bonds is 7. The molecule has 150 valence electrons. The normalized spacial score (nSPS) is 10.8. The van der Waals surface area contributed by atoms with E-state index in [1.165, 1.54) is 0 Å². The Bertz CT molecular complexity index is 860. The number of hydrogen-bond acceptors (Lipinski definition) is 4. The Kier molecular flexibility index (Phi) is 8.54. The summed E-state index contributed by atoms with van der Waals surface area (Å²) >= 11 is 0. The van der Waals surface area contributed by atoms with Gasteiger partial charge in [-0.15, -0.1) is 0 Å². The van der Waals surface area contributed by atoms with E-state index >= 15 is 0 Å². The van der Waals surface area contributed by atoms with Gasteiger partial charge >= 0.3 is 5.97 Å². The fraction of sp³-hybridized carbons (Fsp3) is 0.238. The summed E-state index contributed by atoms with van der Waals surface area (Å²) in [6, 6.07) is 12.0. The Morgan fingerprint density at radius 2 is 1.79 bits per heavy atom. The summed E-state index contributed by atoms with van der Waals surface area (Å²) < 4.78 is 5.33. The molecule has 0 heterocycles. The van der Waals surface area contributed by atoms with Gasteiger partial charge in [-0.25, -0.2) is 4.79 Å². The zero-order valence-electron chi connectivity index (χ0n) is 16.3. The minimum atomic E-state index is -0.500. The minimum absolute atomic E-state index is 0. The van der Waals surface area contributed by atoms with Gasteiger partial charge in [0.1, 0.15) is 11.5 Å². The maximum atomic E-state index is 12.3. The Labute approximate surface area is 171 Å². The molecule has 0 spiro atoms. The average molecular weight is 404 g/mol. The quantitative estimate of drug-likeness (QED) is 0.176. The maximum Gasteiger partial charge on any atom is 0.339 e. The summed E-state index contributed by atoms with van der Waals surface area (Å²) in [7, 11) is 0. The van der Waals surface area contributed by atoms with Gasteiger partial charge in [0.05, 0.1) is 5.56 Å². The van der Waals surface area contributed by atoms with E-state index in [2.05, 4.69) is 18.7 Å². The van der Waals surface area contributed by atoms with E-state index in [1.807, 2.05) is 6.07 Å². The SMILES string of the molecule is CCN(CC)c1ccc(/C=C(\C)C(=O)Oc2ccc(C(N)=[NH2+])cc2)c(O)c1.[Cl-]. The lowest BCUT2D eigenvalue weighted by Gasteiger charge is -2.21. The van der Waals surface area contributed by atoms with Crippen molar-refractivity contribution in [1.82, 2.24) is 0 Å². The molecule has 7 heteroatoms. The largest absolute Gasteiger partial charge is 1.00 e. The van der Waals surface area contributed by atoms with Crippen molar-refractivity contribution in [3.05, 3.63) is 59.2 Å².